The fourth-order valence-corrected chi connectivity index (χ4v) is 1.27. The van der Waals surface area contributed by atoms with Crippen molar-refractivity contribution in [1.29, 1.82) is 0 Å². The molecule has 1 atom stereocenters. The standard InChI is InChI=1S/C12H16FN/c1-3-4-5-10(2)14-12-8-6-11(13)7-9-12/h3,6-10,14H,1,4-5H2,2H3. The lowest BCUT2D eigenvalue weighted by atomic mass is 10.1. The van der Waals surface area contributed by atoms with E-state index in [9.17, 15) is 4.39 Å². The molecule has 1 nitrogen and oxygen atoms in total. The van der Waals surface area contributed by atoms with Gasteiger partial charge in [-0.15, -0.1) is 6.58 Å². The molecule has 0 aliphatic heterocycles. The zero-order chi connectivity index (χ0) is 10.4. The van der Waals surface area contributed by atoms with E-state index in [1.54, 1.807) is 12.1 Å². The monoisotopic (exact) mass is 193 g/mol. The Bertz CT molecular complexity index is 279. The third-order valence-corrected chi connectivity index (χ3v) is 2.06. The number of benzene rings is 1. The third kappa shape index (κ3) is 3.60. The molecule has 0 heterocycles. The van der Waals surface area contributed by atoms with Crippen molar-refractivity contribution in [3.8, 4) is 0 Å². The molecule has 0 aromatic heterocycles. The Labute approximate surface area is 84.6 Å². The summed E-state index contributed by atoms with van der Waals surface area (Å²) >= 11 is 0. The number of allylic oxidation sites excluding steroid dienone is 1. The van der Waals surface area contributed by atoms with E-state index in [4.69, 9.17) is 0 Å². The zero-order valence-electron chi connectivity index (χ0n) is 8.46. The van der Waals surface area contributed by atoms with Crippen molar-refractivity contribution >= 4 is 5.69 Å². The minimum Gasteiger partial charge on any atom is -0.383 e. The zero-order valence-corrected chi connectivity index (χ0v) is 8.46. The van der Waals surface area contributed by atoms with Crippen molar-refractivity contribution in [3.05, 3.63) is 42.7 Å². The first kappa shape index (κ1) is 10.8. The van der Waals surface area contributed by atoms with Gasteiger partial charge in [-0.2, -0.15) is 0 Å². The van der Waals surface area contributed by atoms with Crippen LogP contribution in [0.15, 0.2) is 36.9 Å². The molecule has 1 rings (SSSR count). The van der Waals surface area contributed by atoms with Crippen molar-refractivity contribution in [2.75, 3.05) is 5.32 Å². The average Bonchev–Trinajstić information content (AvgIpc) is 2.18. The molecule has 14 heavy (non-hydrogen) atoms. The van der Waals surface area contributed by atoms with E-state index >= 15 is 0 Å². The minimum atomic E-state index is -0.200. The first-order chi connectivity index (χ1) is 6.72. The van der Waals surface area contributed by atoms with E-state index in [2.05, 4.69) is 18.8 Å². The van der Waals surface area contributed by atoms with E-state index in [0.717, 1.165) is 18.5 Å². The van der Waals surface area contributed by atoms with Gasteiger partial charge in [-0.3, -0.25) is 0 Å². The van der Waals surface area contributed by atoms with Gasteiger partial charge in [-0.25, -0.2) is 4.39 Å². The SMILES string of the molecule is C=CCCC(C)Nc1ccc(F)cc1. The summed E-state index contributed by atoms with van der Waals surface area (Å²) in [7, 11) is 0. The molecule has 0 aliphatic rings. The fraction of sp³-hybridized carbons (Fsp3) is 0.333. The predicted molar refractivity (Wildman–Crippen MR) is 58.9 cm³/mol. The summed E-state index contributed by atoms with van der Waals surface area (Å²) in [6.45, 7) is 5.78. The molecule has 1 aromatic rings. The number of anilines is 1. The summed E-state index contributed by atoms with van der Waals surface area (Å²) in [5, 5.41) is 3.29. The Morgan fingerprint density at radius 1 is 1.43 bits per heavy atom. The lowest BCUT2D eigenvalue weighted by Gasteiger charge is -2.13. The van der Waals surface area contributed by atoms with Crippen LogP contribution in [0, 0.1) is 5.82 Å². The molecule has 0 saturated heterocycles. The maximum absolute atomic E-state index is 12.6. The largest absolute Gasteiger partial charge is 0.383 e. The molecule has 1 unspecified atom stereocenters. The number of nitrogens with one attached hydrogen (secondary N) is 1. The summed E-state index contributed by atoms with van der Waals surface area (Å²) in [4.78, 5) is 0. The quantitative estimate of drug-likeness (QED) is 0.704. The first-order valence-electron chi connectivity index (χ1n) is 4.85. The van der Waals surface area contributed by atoms with Gasteiger partial charge in [0.2, 0.25) is 0 Å². The lowest BCUT2D eigenvalue weighted by Crippen LogP contribution is -2.14. The highest BCUT2D eigenvalue weighted by Crippen LogP contribution is 2.11. The van der Waals surface area contributed by atoms with Crippen LogP contribution >= 0.6 is 0 Å². The Balaban J connectivity index is 2.43. The van der Waals surface area contributed by atoms with Gasteiger partial charge >= 0.3 is 0 Å². The van der Waals surface area contributed by atoms with Crippen LogP contribution in [0.4, 0.5) is 10.1 Å². The molecule has 0 bridgehead atoms. The van der Waals surface area contributed by atoms with Gasteiger partial charge in [0.05, 0.1) is 0 Å². The van der Waals surface area contributed by atoms with Crippen molar-refractivity contribution in [3.63, 3.8) is 0 Å². The molecule has 0 radical (unpaired) electrons. The van der Waals surface area contributed by atoms with Crippen LogP contribution in [0.5, 0.6) is 0 Å². The predicted octanol–water partition coefficient (Wildman–Crippen LogP) is 3.59. The van der Waals surface area contributed by atoms with Crippen LogP contribution in [0.2, 0.25) is 0 Å². The Morgan fingerprint density at radius 3 is 2.64 bits per heavy atom. The highest BCUT2D eigenvalue weighted by atomic mass is 19.1. The van der Waals surface area contributed by atoms with E-state index < -0.39 is 0 Å². The van der Waals surface area contributed by atoms with E-state index in [1.807, 2.05) is 6.08 Å². The molecular weight excluding hydrogens is 177 g/mol. The normalized spacial score (nSPS) is 12.1. The van der Waals surface area contributed by atoms with Crippen molar-refractivity contribution < 1.29 is 4.39 Å². The summed E-state index contributed by atoms with van der Waals surface area (Å²) < 4.78 is 12.6. The molecular formula is C12H16FN. The number of hydrogen-bond donors (Lipinski definition) is 1. The Kier molecular flexibility index (Phi) is 4.17. The number of halogens is 1. The molecule has 76 valence electrons. The van der Waals surface area contributed by atoms with Gasteiger partial charge in [0.25, 0.3) is 0 Å². The molecule has 0 aliphatic carbocycles. The second-order valence-electron chi connectivity index (χ2n) is 3.42. The summed E-state index contributed by atoms with van der Waals surface area (Å²) in [6, 6.07) is 6.81. The topological polar surface area (TPSA) is 12.0 Å². The summed E-state index contributed by atoms with van der Waals surface area (Å²) in [6.07, 6.45) is 3.94. The van der Waals surface area contributed by atoms with Crippen LogP contribution in [-0.4, -0.2) is 6.04 Å². The molecule has 2 heteroatoms. The Hall–Kier alpha value is -1.31. The van der Waals surface area contributed by atoms with Crippen molar-refractivity contribution in [1.82, 2.24) is 0 Å². The van der Waals surface area contributed by atoms with Crippen LogP contribution in [0.25, 0.3) is 0 Å². The highest BCUT2D eigenvalue weighted by Gasteiger charge is 2.00. The minimum absolute atomic E-state index is 0.200. The maximum Gasteiger partial charge on any atom is 0.123 e. The first-order valence-corrected chi connectivity index (χ1v) is 4.85. The molecule has 1 N–H and O–H groups in total. The van der Waals surface area contributed by atoms with Gasteiger partial charge in [-0.05, 0) is 44.0 Å². The van der Waals surface area contributed by atoms with Gasteiger partial charge in [-0.1, -0.05) is 6.08 Å². The number of rotatable bonds is 5. The van der Waals surface area contributed by atoms with Crippen LogP contribution in [0.1, 0.15) is 19.8 Å². The smallest absolute Gasteiger partial charge is 0.123 e. The number of hydrogen-bond acceptors (Lipinski definition) is 1. The third-order valence-electron chi connectivity index (χ3n) is 2.06. The van der Waals surface area contributed by atoms with E-state index in [-0.39, 0.29) is 5.82 Å². The van der Waals surface area contributed by atoms with Gasteiger partial charge in [0.1, 0.15) is 5.82 Å². The highest BCUT2D eigenvalue weighted by molar-refractivity contribution is 5.43. The van der Waals surface area contributed by atoms with Crippen LogP contribution in [-0.2, 0) is 0 Å². The second kappa shape index (κ2) is 5.43. The van der Waals surface area contributed by atoms with Crippen LogP contribution in [0.3, 0.4) is 0 Å². The molecule has 0 amide bonds. The summed E-state index contributed by atoms with van der Waals surface area (Å²) in [5.41, 5.74) is 0.961. The average molecular weight is 193 g/mol. The van der Waals surface area contributed by atoms with E-state index in [0.29, 0.717) is 6.04 Å². The molecule has 0 fully saturated rings. The van der Waals surface area contributed by atoms with Gasteiger partial charge in [0, 0.05) is 11.7 Å². The second-order valence-corrected chi connectivity index (χ2v) is 3.42. The molecule has 1 aromatic carbocycles. The molecule has 0 saturated carbocycles. The van der Waals surface area contributed by atoms with Crippen molar-refractivity contribution in [2.24, 2.45) is 0 Å². The van der Waals surface area contributed by atoms with Gasteiger partial charge < -0.3 is 5.32 Å². The fourth-order valence-electron chi connectivity index (χ4n) is 1.27. The maximum atomic E-state index is 12.6. The van der Waals surface area contributed by atoms with E-state index in [1.165, 1.54) is 12.1 Å². The van der Waals surface area contributed by atoms with Crippen molar-refractivity contribution in [2.45, 2.75) is 25.8 Å². The molecule has 0 spiro atoms. The van der Waals surface area contributed by atoms with Crippen LogP contribution < -0.4 is 5.32 Å². The lowest BCUT2D eigenvalue weighted by molar-refractivity contribution is 0.627. The van der Waals surface area contributed by atoms with Gasteiger partial charge in [0.15, 0.2) is 0 Å². The Morgan fingerprint density at radius 2 is 2.07 bits per heavy atom. The summed E-state index contributed by atoms with van der Waals surface area (Å²) in [5.74, 6) is -0.200.